The molecule has 20 heavy (non-hydrogen) atoms. The maximum absolute atomic E-state index is 11.6. The van der Waals surface area contributed by atoms with Crippen LogP contribution in [0.2, 0.25) is 0 Å². The fourth-order valence-corrected chi connectivity index (χ4v) is 1.94. The van der Waals surface area contributed by atoms with E-state index in [1.54, 1.807) is 0 Å². The van der Waals surface area contributed by atoms with Crippen molar-refractivity contribution in [3.05, 3.63) is 59.7 Å². The molecule has 0 heterocycles. The lowest BCUT2D eigenvalue weighted by molar-refractivity contribution is -0.142. The molecule has 1 aromatic rings. The molecular formula is C18H24O2. The predicted molar refractivity (Wildman–Crippen MR) is 83.5 cm³/mol. The molecule has 0 saturated heterocycles. The Labute approximate surface area is 122 Å². The third-order valence-corrected chi connectivity index (χ3v) is 3.33. The summed E-state index contributed by atoms with van der Waals surface area (Å²) < 4.78 is 5.25. The molecule has 0 aliphatic heterocycles. The van der Waals surface area contributed by atoms with Gasteiger partial charge < -0.3 is 4.74 Å². The van der Waals surface area contributed by atoms with Crippen molar-refractivity contribution >= 4 is 5.97 Å². The number of ether oxygens (including phenoxy) is 1. The van der Waals surface area contributed by atoms with Crippen molar-refractivity contribution < 1.29 is 9.53 Å². The van der Waals surface area contributed by atoms with Crippen molar-refractivity contribution in [3.8, 4) is 0 Å². The van der Waals surface area contributed by atoms with Crippen LogP contribution in [0.3, 0.4) is 0 Å². The van der Waals surface area contributed by atoms with Crippen LogP contribution in [0.1, 0.15) is 38.7 Å². The van der Waals surface area contributed by atoms with Crippen molar-refractivity contribution in [3.63, 3.8) is 0 Å². The van der Waals surface area contributed by atoms with Crippen LogP contribution < -0.4 is 0 Å². The Morgan fingerprint density at radius 2 is 1.90 bits per heavy atom. The van der Waals surface area contributed by atoms with Gasteiger partial charge in [0.2, 0.25) is 0 Å². The number of carbonyl (C=O) groups excluding carboxylic acids is 1. The van der Waals surface area contributed by atoms with Gasteiger partial charge in [-0.1, -0.05) is 47.6 Å². The highest BCUT2D eigenvalue weighted by atomic mass is 16.5. The second kappa shape index (κ2) is 9.13. The monoisotopic (exact) mass is 272 g/mol. The van der Waals surface area contributed by atoms with Crippen LogP contribution in [0.15, 0.2) is 54.1 Å². The Kier molecular flexibility index (Phi) is 7.41. The fourth-order valence-electron chi connectivity index (χ4n) is 1.94. The lowest BCUT2D eigenvalue weighted by Crippen LogP contribution is -2.09. The zero-order valence-electron chi connectivity index (χ0n) is 12.5. The summed E-state index contributed by atoms with van der Waals surface area (Å²) >= 11 is 0. The zero-order valence-corrected chi connectivity index (χ0v) is 12.5. The van der Waals surface area contributed by atoms with E-state index in [1.807, 2.05) is 36.4 Å². The van der Waals surface area contributed by atoms with Gasteiger partial charge in [0.05, 0.1) is 13.0 Å². The number of esters is 1. The SMILES string of the molecule is C=CC/C(C)=C(\C)CCCOC(=O)Cc1ccccc1. The lowest BCUT2D eigenvalue weighted by Gasteiger charge is -2.07. The minimum atomic E-state index is -0.152. The molecule has 0 amide bonds. The molecule has 0 saturated carbocycles. The number of benzene rings is 1. The topological polar surface area (TPSA) is 26.3 Å². The molecule has 0 bridgehead atoms. The number of rotatable bonds is 8. The van der Waals surface area contributed by atoms with Crippen molar-refractivity contribution in [1.29, 1.82) is 0 Å². The van der Waals surface area contributed by atoms with Crippen LogP contribution in [0, 0.1) is 0 Å². The van der Waals surface area contributed by atoms with Crippen LogP contribution in [-0.4, -0.2) is 12.6 Å². The average Bonchev–Trinajstić information content (AvgIpc) is 2.44. The van der Waals surface area contributed by atoms with Crippen molar-refractivity contribution in [2.75, 3.05) is 6.61 Å². The van der Waals surface area contributed by atoms with Gasteiger partial charge in [0.15, 0.2) is 0 Å². The first kappa shape index (κ1) is 16.2. The van der Waals surface area contributed by atoms with Gasteiger partial charge in [0.25, 0.3) is 0 Å². The van der Waals surface area contributed by atoms with Gasteiger partial charge in [0, 0.05) is 0 Å². The van der Waals surface area contributed by atoms with Gasteiger partial charge in [-0.15, -0.1) is 6.58 Å². The smallest absolute Gasteiger partial charge is 0.310 e. The molecule has 1 aromatic carbocycles. The van der Waals surface area contributed by atoms with Crippen LogP contribution in [0.25, 0.3) is 0 Å². The molecule has 0 aromatic heterocycles. The van der Waals surface area contributed by atoms with E-state index in [0.717, 1.165) is 24.8 Å². The zero-order chi connectivity index (χ0) is 14.8. The molecule has 0 radical (unpaired) electrons. The second-order valence-electron chi connectivity index (χ2n) is 5.04. The molecule has 0 atom stereocenters. The Balaban J connectivity index is 2.23. The summed E-state index contributed by atoms with van der Waals surface area (Å²) in [5, 5.41) is 0. The van der Waals surface area contributed by atoms with E-state index in [9.17, 15) is 4.79 Å². The predicted octanol–water partition coefficient (Wildman–Crippen LogP) is 4.47. The van der Waals surface area contributed by atoms with E-state index < -0.39 is 0 Å². The molecule has 2 nitrogen and oxygen atoms in total. The first-order valence-corrected chi connectivity index (χ1v) is 7.09. The molecule has 1 rings (SSSR count). The van der Waals surface area contributed by atoms with Crippen molar-refractivity contribution in [2.24, 2.45) is 0 Å². The van der Waals surface area contributed by atoms with Crippen molar-refractivity contribution in [1.82, 2.24) is 0 Å². The van der Waals surface area contributed by atoms with Gasteiger partial charge in [-0.25, -0.2) is 0 Å². The summed E-state index contributed by atoms with van der Waals surface area (Å²) in [4.78, 5) is 11.6. The Morgan fingerprint density at radius 3 is 2.55 bits per heavy atom. The fraction of sp³-hybridized carbons (Fsp3) is 0.389. The Bertz CT molecular complexity index is 458. The molecule has 0 aliphatic carbocycles. The molecule has 0 aliphatic rings. The summed E-state index contributed by atoms with van der Waals surface area (Å²) in [5.74, 6) is -0.152. The quantitative estimate of drug-likeness (QED) is 0.396. The number of hydrogen-bond donors (Lipinski definition) is 0. The van der Waals surface area contributed by atoms with Gasteiger partial charge in [-0.05, 0) is 38.7 Å². The highest BCUT2D eigenvalue weighted by Crippen LogP contribution is 2.13. The van der Waals surface area contributed by atoms with E-state index in [-0.39, 0.29) is 5.97 Å². The van der Waals surface area contributed by atoms with Gasteiger partial charge >= 0.3 is 5.97 Å². The van der Waals surface area contributed by atoms with Crippen molar-refractivity contribution in [2.45, 2.75) is 39.5 Å². The summed E-state index contributed by atoms with van der Waals surface area (Å²) in [7, 11) is 0. The van der Waals surface area contributed by atoms with E-state index in [2.05, 4.69) is 20.4 Å². The van der Waals surface area contributed by atoms with Crippen LogP contribution in [0.5, 0.6) is 0 Å². The normalized spacial score (nSPS) is 11.7. The number of hydrogen-bond acceptors (Lipinski definition) is 2. The number of allylic oxidation sites excluding steroid dienone is 3. The molecule has 0 N–H and O–H groups in total. The third-order valence-electron chi connectivity index (χ3n) is 3.33. The van der Waals surface area contributed by atoms with Crippen LogP contribution in [-0.2, 0) is 16.0 Å². The highest BCUT2D eigenvalue weighted by molar-refractivity contribution is 5.72. The lowest BCUT2D eigenvalue weighted by atomic mass is 10.0. The molecular weight excluding hydrogens is 248 g/mol. The Hall–Kier alpha value is -1.83. The van der Waals surface area contributed by atoms with Gasteiger partial charge in [0.1, 0.15) is 0 Å². The summed E-state index contributed by atoms with van der Waals surface area (Å²) in [6.45, 7) is 8.48. The van der Waals surface area contributed by atoms with E-state index in [4.69, 9.17) is 4.74 Å². The van der Waals surface area contributed by atoms with Crippen LogP contribution in [0.4, 0.5) is 0 Å². The minimum absolute atomic E-state index is 0.152. The molecule has 0 spiro atoms. The first-order chi connectivity index (χ1) is 9.63. The Morgan fingerprint density at radius 1 is 1.20 bits per heavy atom. The largest absolute Gasteiger partial charge is 0.465 e. The molecule has 0 fully saturated rings. The average molecular weight is 272 g/mol. The van der Waals surface area contributed by atoms with E-state index in [0.29, 0.717) is 13.0 Å². The minimum Gasteiger partial charge on any atom is -0.465 e. The summed E-state index contributed by atoms with van der Waals surface area (Å²) in [5.41, 5.74) is 3.72. The van der Waals surface area contributed by atoms with E-state index in [1.165, 1.54) is 11.1 Å². The van der Waals surface area contributed by atoms with Gasteiger partial charge in [-0.2, -0.15) is 0 Å². The molecule has 108 valence electrons. The molecule has 2 heteroatoms. The summed E-state index contributed by atoms with van der Waals surface area (Å²) in [6.07, 6.45) is 5.04. The summed E-state index contributed by atoms with van der Waals surface area (Å²) in [6, 6.07) is 9.67. The maximum atomic E-state index is 11.6. The van der Waals surface area contributed by atoms with E-state index >= 15 is 0 Å². The maximum Gasteiger partial charge on any atom is 0.310 e. The second-order valence-corrected chi connectivity index (χ2v) is 5.04. The molecule has 0 unspecified atom stereocenters. The highest BCUT2D eigenvalue weighted by Gasteiger charge is 2.04. The standard InChI is InChI=1S/C18H24O2/c1-4-9-15(2)16(3)10-8-13-20-18(19)14-17-11-6-5-7-12-17/h4-7,11-12H,1,8-10,13-14H2,2-3H3/b16-15+. The van der Waals surface area contributed by atoms with Crippen LogP contribution >= 0.6 is 0 Å². The first-order valence-electron chi connectivity index (χ1n) is 7.09. The van der Waals surface area contributed by atoms with Gasteiger partial charge in [-0.3, -0.25) is 4.79 Å². The number of carbonyl (C=O) groups is 1. The third kappa shape index (κ3) is 6.37.